The predicted molar refractivity (Wildman–Crippen MR) is 94.3 cm³/mol. The molecule has 4 nitrogen and oxygen atoms in total. The van der Waals surface area contributed by atoms with Gasteiger partial charge in [0, 0.05) is 26.2 Å². The molecule has 0 radical (unpaired) electrons. The molecule has 0 N–H and O–H groups in total. The first kappa shape index (κ1) is 38.1. The monoisotopic (exact) mass is 710 g/mol. The first-order valence-electron chi connectivity index (χ1n) is 9.78. The second kappa shape index (κ2) is 10.3. The molecule has 0 aromatic rings. The van der Waals surface area contributed by atoms with Gasteiger partial charge in [-0.3, -0.25) is 9.59 Å². The average molecular weight is 711 g/mol. The normalized spacial score (nSPS) is 18.0. The zero-order valence-corrected chi connectivity index (χ0v) is 20.4. The van der Waals surface area contributed by atoms with Crippen LogP contribution >= 0.6 is 23.2 Å². The van der Waals surface area contributed by atoms with E-state index in [4.69, 9.17) is 0 Å². The summed E-state index contributed by atoms with van der Waals surface area (Å²) < 4.78 is 267. The summed E-state index contributed by atoms with van der Waals surface area (Å²) in [7, 11) is 0. The third-order valence-electron chi connectivity index (χ3n) is 5.47. The van der Waals surface area contributed by atoms with Crippen LogP contribution in [-0.2, 0) is 9.59 Å². The molecule has 42 heavy (non-hydrogen) atoms. The smallest absolute Gasteiger partial charge is 0.334 e. The average Bonchev–Trinajstić information content (AvgIpc) is 2.80. The van der Waals surface area contributed by atoms with E-state index in [0.717, 1.165) is 0 Å². The summed E-state index contributed by atoms with van der Waals surface area (Å²) in [6.07, 6.45) is 0. The van der Waals surface area contributed by atoms with Gasteiger partial charge < -0.3 is 9.80 Å². The highest BCUT2D eigenvalue weighted by molar-refractivity contribution is 6.22. The van der Waals surface area contributed by atoms with E-state index < -0.39 is 106 Å². The van der Waals surface area contributed by atoms with Gasteiger partial charge in [0.25, 0.3) is 11.8 Å². The fourth-order valence-corrected chi connectivity index (χ4v) is 3.16. The number of rotatable bonds is 10. The molecule has 1 saturated heterocycles. The van der Waals surface area contributed by atoms with E-state index in [1.165, 1.54) is 0 Å². The third-order valence-corrected chi connectivity index (χ3v) is 5.94. The number of carbonyl (C=O) groups excluding carboxylic acids is 2. The molecule has 0 aliphatic carbocycles. The molecule has 0 aromatic heterocycles. The number of halogens is 22. The molecule has 1 aliphatic rings. The Morgan fingerprint density at radius 2 is 0.571 bits per heavy atom. The molecule has 26 heteroatoms. The Balaban J connectivity index is 3.25. The Kier molecular flexibility index (Phi) is 9.40. The Labute approximate surface area is 227 Å². The van der Waals surface area contributed by atoms with Crippen LogP contribution < -0.4 is 0 Å². The van der Waals surface area contributed by atoms with Gasteiger partial charge in [-0.1, -0.05) is 0 Å². The molecule has 1 fully saturated rings. The number of hydrogen-bond acceptors (Lipinski definition) is 2. The molecule has 0 saturated carbocycles. The van der Waals surface area contributed by atoms with Gasteiger partial charge in [-0.05, 0) is 23.2 Å². The van der Waals surface area contributed by atoms with E-state index in [-0.39, 0.29) is 0 Å². The van der Waals surface area contributed by atoms with Crippen LogP contribution in [0.2, 0.25) is 0 Å². The highest BCUT2D eigenvalue weighted by atomic mass is 35.5. The van der Waals surface area contributed by atoms with Gasteiger partial charge >= 0.3 is 58.1 Å². The topological polar surface area (TPSA) is 40.6 Å². The molecule has 0 aromatic carbocycles. The third kappa shape index (κ3) is 5.24. The molecular weight excluding hydrogens is 703 g/mol. The summed E-state index contributed by atoms with van der Waals surface area (Å²) >= 11 is 7.12. The molecule has 0 atom stereocenters. The van der Waals surface area contributed by atoms with Crippen LogP contribution in [0.5, 0.6) is 0 Å². The zero-order valence-electron chi connectivity index (χ0n) is 18.9. The van der Waals surface area contributed by atoms with E-state index in [0.29, 0.717) is 0 Å². The SMILES string of the molecule is O=C(N1CCN(C(=O)C(F)(F)C(F)(F)C(F)(F)C(F)(F)C(F)(F)Cl)CC1)C(F)(F)C(F)(F)C(F)(F)C(F)(F)C(F)(F)Cl. The fourth-order valence-electron chi connectivity index (χ4n) is 2.92. The molecule has 1 heterocycles. The summed E-state index contributed by atoms with van der Waals surface area (Å²) in [4.78, 5) is 21.8. The van der Waals surface area contributed by atoms with Gasteiger partial charge in [-0.2, -0.15) is 87.8 Å². The van der Waals surface area contributed by atoms with Gasteiger partial charge in [0.15, 0.2) is 0 Å². The minimum atomic E-state index is -7.80. The lowest BCUT2D eigenvalue weighted by molar-refractivity contribution is -0.383. The Bertz CT molecular complexity index is 964. The van der Waals surface area contributed by atoms with Crippen molar-refractivity contribution in [3.8, 4) is 0 Å². The lowest BCUT2D eigenvalue weighted by Gasteiger charge is -2.42. The van der Waals surface area contributed by atoms with Crippen molar-refractivity contribution in [3.05, 3.63) is 0 Å². The van der Waals surface area contributed by atoms with Crippen LogP contribution in [0.25, 0.3) is 0 Å². The summed E-state index contributed by atoms with van der Waals surface area (Å²) in [5.74, 6) is -67.4. The van der Waals surface area contributed by atoms with Crippen molar-refractivity contribution < 1.29 is 97.4 Å². The van der Waals surface area contributed by atoms with Crippen molar-refractivity contribution in [2.45, 2.75) is 58.1 Å². The lowest BCUT2D eigenvalue weighted by atomic mass is 9.96. The molecule has 1 aliphatic heterocycles. The lowest BCUT2D eigenvalue weighted by Crippen LogP contribution is -2.71. The van der Waals surface area contributed by atoms with Crippen molar-refractivity contribution in [1.29, 1.82) is 0 Å². The van der Waals surface area contributed by atoms with Gasteiger partial charge in [0.1, 0.15) is 0 Å². The number of alkyl halides is 22. The minimum Gasteiger partial charge on any atom is -0.334 e. The molecule has 0 unspecified atom stereocenters. The number of piperazine rings is 1. The molecular formula is C16H8Cl2F20N2O2. The molecule has 2 amide bonds. The predicted octanol–water partition coefficient (Wildman–Crippen LogP) is 6.40. The molecule has 1 rings (SSSR count). The van der Waals surface area contributed by atoms with Gasteiger partial charge in [-0.15, -0.1) is 0 Å². The summed E-state index contributed by atoms with van der Waals surface area (Å²) in [5.41, 5.74) is 0. The summed E-state index contributed by atoms with van der Waals surface area (Å²) in [6.45, 7) is -7.56. The fraction of sp³-hybridized carbons (Fsp3) is 0.875. The number of hydrogen-bond donors (Lipinski definition) is 0. The molecule has 0 spiro atoms. The van der Waals surface area contributed by atoms with E-state index in [9.17, 15) is 97.4 Å². The minimum absolute atomic E-state index is 0.822. The van der Waals surface area contributed by atoms with Crippen molar-refractivity contribution in [1.82, 2.24) is 9.80 Å². The maximum absolute atomic E-state index is 14.0. The first-order chi connectivity index (χ1) is 18.0. The van der Waals surface area contributed by atoms with E-state index >= 15 is 0 Å². The second-order valence-corrected chi connectivity index (χ2v) is 9.12. The zero-order chi connectivity index (χ0) is 34.1. The van der Waals surface area contributed by atoms with E-state index in [2.05, 4.69) is 23.2 Å². The highest BCUT2D eigenvalue weighted by Crippen LogP contribution is 2.59. The Morgan fingerprint density at radius 3 is 0.738 bits per heavy atom. The Hall–Kier alpha value is -1.88. The van der Waals surface area contributed by atoms with E-state index in [1.807, 2.05) is 0 Å². The van der Waals surface area contributed by atoms with Crippen LogP contribution in [0, 0.1) is 0 Å². The van der Waals surface area contributed by atoms with Crippen molar-refractivity contribution in [2.75, 3.05) is 26.2 Å². The van der Waals surface area contributed by atoms with Crippen LogP contribution in [0.4, 0.5) is 87.8 Å². The molecule has 0 bridgehead atoms. The second-order valence-electron chi connectivity index (χ2n) is 8.18. The van der Waals surface area contributed by atoms with Crippen LogP contribution in [0.1, 0.15) is 0 Å². The number of nitrogens with zero attached hydrogens (tertiary/aromatic N) is 2. The maximum atomic E-state index is 14.0. The van der Waals surface area contributed by atoms with Gasteiger partial charge in [0.2, 0.25) is 0 Å². The summed E-state index contributed by atoms with van der Waals surface area (Å²) in [5, 5.41) is -13.3. The first-order valence-corrected chi connectivity index (χ1v) is 10.5. The molecule has 248 valence electrons. The number of amides is 2. The number of carbonyl (C=O) groups is 2. The van der Waals surface area contributed by atoms with Crippen LogP contribution in [0.15, 0.2) is 0 Å². The van der Waals surface area contributed by atoms with Crippen LogP contribution in [0.3, 0.4) is 0 Å². The van der Waals surface area contributed by atoms with Gasteiger partial charge in [0.05, 0.1) is 0 Å². The maximum Gasteiger partial charge on any atom is 0.393 e. The van der Waals surface area contributed by atoms with Crippen molar-refractivity contribution >= 4 is 35.0 Å². The Morgan fingerprint density at radius 1 is 0.381 bits per heavy atom. The quantitative estimate of drug-likeness (QED) is 0.195. The van der Waals surface area contributed by atoms with Crippen molar-refractivity contribution in [2.24, 2.45) is 0 Å². The highest BCUT2D eigenvalue weighted by Gasteiger charge is 2.89. The van der Waals surface area contributed by atoms with Gasteiger partial charge in [-0.25, -0.2) is 0 Å². The van der Waals surface area contributed by atoms with E-state index in [1.54, 1.807) is 0 Å². The van der Waals surface area contributed by atoms with Crippen molar-refractivity contribution in [3.63, 3.8) is 0 Å². The standard InChI is InChI=1S/C16H8Cl2F20N2O2/c17-15(35,36)13(31,32)11(27,28)9(23,24)7(19,20)5(41)39-1-2-40(4-3-39)6(42)8(21,22)10(25,26)12(29,30)14(33,34)16(18,37)38/h1-4H2. The summed E-state index contributed by atoms with van der Waals surface area (Å²) in [6, 6.07) is 0. The largest absolute Gasteiger partial charge is 0.393 e. The van der Waals surface area contributed by atoms with Crippen LogP contribution in [-0.4, -0.2) is 106 Å².